The Kier molecular flexibility index (Phi) is 11.2. The van der Waals surface area contributed by atoms with Crippen molar-refractivity contribution in [2.24, 2.45) is 17.8 Å². The Morgan fingerprint density at radius 2 is 1.59 bits per heavy atom. The van der Waals surface area contributed by atoms with Gasteiger partial charge in [-0.3, -0.25) is 0 Å². The van der Waals surface area contributed by atoms with Gasteiger partial charge in [0.15, 0.2) is 0 Å². The van der Waals surface area contributed by atoms with Gasteiger partial charge in [0.2, 0.25) is 0 Å². The topological polar surface area (TPSA) is 105 Å². The maximum atomic E-state index is 11.8. The van der Waals surface area contributed by atoms with E-state index < -0.39 is 0 Å². The van der Waals surface area contributed by atoms with Gasteiger partial charge in [-0.25, -0.2) is 4.79 Å². The van der Waals surface area contributed by atoms with Crippen LogP contribution in [0.2, 0.25) is 0 Å². The van der Waals surface area contributed by atoms with E-state index in [1.807, 2.05) is 20.9 Å². The average molecular weight is 418 g/mol. The molecule has 1 amide bonds. The number of nitrogens with one attached hydrogen (secondary N) is 5. The summed E-state index contributed by atoms with van der Waals surface area (Å²) in [5, 5.41) is 5.75. The molecular weight excluding hydrogens is 374 g/mol. The minimum Gasteiger partial charge on any atom is -0.449 e. The van der Waals surface area contributed by atoms with Gasteiger partial charge in [0, 0.05) is 27.3 Å². The molecular formula is C20H43N5O4. The summed E-state index contributed by atoms with van der Waals surface area (Å²) in [5.41, 5.74) is 11.9. The molecule has 1 fully saturated rings. The van der Waals surface area contributed by atoms with Crippen LogP contribution in [0.3, 0.4) is 0 Å². The number of carbonyl (C=O) groups is 1. The van der Waals surface area contributed by atoms with Crippen molar-refractivity contribution in [1.82, 2.24) is 27.0 Å². The third-order valence-corrected chi connectivity index (χ3v) is 5.55. The van der Waals surface area contributed by atoms with Crippen molar-refractivity contribution in [3.05, 3.63) is 11.4 Å². The number of carbonyl (C=O) groups excluding carboxylic acids is 1. The fourth-order valence-electron chi connectivity index (χ4n) is 3.95. The number of rotatable bonds is 11. The largest absolute Gasteiger partial charge is 0.449 e. The molecule has 0 spiro atoms. The number of allylic oxidation sites excluding steroid dienone is 2. The van der Waals surface area contributed by atoms with Crippen molar-refractivity contribution >= 4 is 6.09 Å². The van der Waals surface area contributed by atoms with E-state index in [1.165, 1.54) is 11.4 Å². The number of hydrogen-bond donors (Lipinski definition) is 5. The summed E-state index contributed by atoms with van der Waals surface area (Å²) in [4.78, 5) is 11.8. The lowest BCUT2D eigenvalue weighted by atomic mass is 10.0. The van der Waals surface area contributed by atoms with E-state index in [0.29, 0.717) is 57.3 Å². The predicted octanol–water partition coefficient (Wildman–Crippen LogP) is 1.74. The fraction of sp³-hybridized carbons (Fsp3) is 0.850. The molecule has 1 aliphatic heterocycles. The van der Waals surface area contributed by atoms with Crippen LogP contribution in [0.4, 0.5) is 4.79 Å². The van der Waals surface area contributed by atoms with Gasteiger partial charge in [-0.05, 0) is 50.5 Å². The lowest BCUT2D eigenvalue weighted by molar-refractivity contribution is 0.0496. The first-order chi connectivity index (χ1) is 14.3. The van der Waals surface area contributed by atoms with E-state index in [0.717, 1.165) is 32.2 Å². The van der Waals surface area contributed by atoms with Crippen molar-refractivity contribution in [1.29, 1.82) is 0 Å². The number of ether oxygens (including phenoxy) is 3. The summed E-state index contributed by atoms with van der Waals surface area (Å²) in [5.74, 6) is 1.87. The van der Waals surface area contributed by atoms with Gasteiger partial charge in [0.1, 0.15) is 0 Å². The smallest absolute Gasteiger partial charge is 0.407 e. The Balaban J connectivity index is 0.00000219. The van der Waals surface area contributed by atoms with Crippen LogP contribution in [0.1, 0.15) is 42.4 Å². The van der Waals surface area contributed by atoms with E-state index in [2.05, 4.69) is 27.0 Å². The van der Waals surface area contributed by atoms with E-state index >= 15 is 0 Å². The molecule has 29 heavy (non-hydrogen) atoms. The molecule has 1 saturated carbocycles. The molecule has 2 atom stereocenters. The first kappa shape index (κ1) is 23.7. The monoisotopic (exact) mass is 417 g/mol. The van der Waals surface area contributed by atoms with Gasteiger partial charge < -0.3 is 35.7 Å². The Morgan fingerprint density at radius 1 is 1.00 bits per heavy atom. The number of likely N-dealkylation sites (N-methyl/N-ethyl adjacent to an activating group) is 1. The summed E-state index contributed by atoms with van der Waals surface area (Å²) < 4.78 is 16.2. The van der Waals surface area contributed by atoms with Crippen LogP contribution in [0.5, 0.6) is 0 Å². The van der Waals surface area contributed by atoms with Crippen LogP contribution in [0.25, 0.3) is 0 Å². The highest BCUT2D eigenvalue weighted by atomic mass is 16.6. The second-order valence-corrected chi connectivity index (χ2v) is 7.25. The van der Waals surface area contributed by atoms with Crippen molar-refractivity contribution in [2.45, 2.75) is 39.5 Å². The van der Waals surface area contributed by atoms with Gasteiger partial charge >= 0.3 is 6.09 Å². The van der Waals surface area contributed by atoms with Gasteiger partial charge in [-0.1, -0.05) is 13.8 Å². The molecule has 9 heteroatoms. The first-order valence-corrected chi connectivity index (χ1v) is 11.0. The predicted molar refractivity (Wildman–Crippen MR) is 116 cm³/mol. The second kappa shape index (κ2) is 13.6. The van der Waals surface area contributed by atoms with Crippen LogP contribution in [0, 0.1) is 17.8 Å². The van der Waals surface area contributed by atoms with Crippen LogP contribution < -0.4 is 27.0 Å². The van der Waals surface area contributed by atoms with Crippen LogP contribution in [-0.2, 0) is 14.2 Å². The summed E-state index contributed by atoms with van der Waals surface area (Å²) >= 11 is 0. The van der Waals surface area contributed by atoms with E-state index in [-0.39, 0.29) is 8.95 Å². The first-order valence-electron chi connectivity index (χ1n) is 11.0. The van der Waals surface area contributed by atoms with Crippen LogP contribution >= 0.6 is 0 Å². The Bertz CT molecular complexity index is 504. The number of fused-ring (bicyclic) bond motifs is 1. The third kappa shape index (κ3) is 8.00. The van der Waals surface area contributed by atoms with Crippen molar-refractivity contribution < 1.29 is 21.9 Å². The molecule has 5 N–H and O–H groups in total. The van der Waals surface area contributed by atoms with E-state index in [4.69, 9.17) is 14.2 Å². The zero-order chi connectivity index (χ0) is 20.9. The number of hydrazine groups is 2. The maximum Gasteiger partial charge on any atom is 0.407 e. The Labute approximate surface area is 177 Å². The fourth-order valence-corrected chi connectivity index (χ4v) is 3.95. The molecule has 0 bridgehead atoms. The maximum absolute atomic E-state index is 11.8. The number of alkyl carbamates (subject to hydrolysis) is 1. The molecule has 0 aromatic carbocycles. The number of hydrogen-bond acceptors (Lipinski definition) is 8. The summed E-state index contributed by atoms with van der Waals surface area (Å²) in [6, 6.07) is 0. The Morgan fingerprint density at radius 3 is 2.17 bits per heavy atom. The van der Waals surface area contributed by atoms with E-state index in [9.17, 15) is 4.79 Å². The molecule has 0 radical (unpaired) electrons. The minimum atomic E-state index is -0.351. The van der Waals surface area contributed by atoms with Gasteiger partial charge in [-0.15, -0.1) is 0 Å². The highest BCUT2D eigenvalue weighted by molar-refractivity contribution is 5.67. The summed E-state index contributed by atoms with van der Waals surface area (Å²) in [6.07, 6.45) is 4.06. The summed E-state index contributed by atoms with van der Waals surface area (Å²) in [6.45, 7) is 8.04. The van der Waals surface area contributed by atoms with Crippen LogP contribution in [0.15, 0.2) is 11.4 Å². The van der Waals surface area contributed by atoms with Crippen molar-refractivity contribution in [2.75, 3.05) is 53.2 Å². The summed E-state index contributed by atoms with van der Waals surface area (Å²) in [7, 11) is 1.89. The average Bonchev–Trinajstić information content (AvgIpc) is 3.19. The molecule has 0 aromatic rings. The molecule has 2 unspecified atom stereocenters. The van der Waals surface area contributed by atoms with Crippen LogP contribution in [-0.4, -0.2) is 59.3 Å². The van der Waals surface area contributed by atoms with Crippen molar-refractivity contribution in [3.63, 3.8) is 0 Å². The van der Waals surface area contributed by atoms with Gasteiger partial charge in [0.05, 0.1) is 33.0 Å². The molecule has 1 heterocycles. The molecule has 172 valence electrons. The van der Waals surface area contributed by atoms with E-state index in [1.54, 1.807) is 0 Å². The lowest BCUT2D eigenvalue weighted by Gasteiger charge is -2.08. The lowest BCUT2D eigenvalue weighted by Crippen LogP contribution is -2.32. The van der Waals surface area contributed by atoms with Gasteiger partial charge in [0.25, 0.3) is 0 Å². The zero-order valence-corrected chi connectivity index (χ0v) is 18.1. The minimum absolute atomic E-state index is 0. The molecule has 0 aromatic heterocycles. The Hall–Kier alpha value is -1.55. The normalized spacial score (nSPS) is 24.6. The standard InChI is InChI=1S/C18H33N5O4.C2H6.2H2/c1-19-6-8-25-10-11-26-9-7-20-18(24)27-12-15-13-2-4-16-17(22-23-21-16)5-3-14(13)15;1-2;;/h13-15,19,21-23H,2-12H2,1H3,(H,20,24);1-2H3;2*1H. The third-order valence-electron chi connectivity index (χ3n) is 5.55. The molecule has 2 aliphatic carbocycles. The zero-order valence-electron chi connectivity index (χ0n) is 18.1. The molecule has 0 saturated heterocycles. The quantitative estimate of drug-likeness (QED) is 0.324. The van der Waals surface area contributed by atoms with Crippen molar-refractivity contribution in [3.8, 4) is 0 Å². The highest BCUT2D eigenvalue weighted by Gasteiger charge is 2.50. The molecule has 9 nitrogen and oxygen atoms in total. The second-order valence-electron chi connectivity index (χ2n) is 7.25. The molecule has 3 aliphatic rings. The SMILES string of the molecule is CC.CNCCOCCOCCNC(=O)OCC1C2CCC3=C(CCC21)NNN3.[HH].[HH]. The highest BCUT2D eigenvalue weighted by Crippen LogP contribution is 2.53. The van der Waals surface area contributed by atoms with Gasteiger partial charge in [-0.2, -0.15) is 5.53 Å². The number of amides is 1. The molecule has 3 rings (SSSR count).